The number of alkyl halides is 1. The van der Waals surface area contributed by atoms with Gasteiger partial charge < -0.3 is 9.88 Å². The molecule has 4 rings (SSSR count). The molecule has 130 valence electrons. The van der Waals surface area contributed by atoms with Gasteiger partial charge in [0, 0.05) is 32.4 Å². The molecule has 0 radical (unpaired) electrons. The highest BCUT2D eigenvalue weighted by Crippen LogP contribution is 2.36. The minimum absolute atomic E-state index is 0.0186. The molecule has 7 nitrogen and oxygen atoms in total. The highest BCUT2D eigenvalue weighted by atomic mass is 32.2. The first-order valence-corrected chi connectivity index (χ1v) is 9.68. The molecule has 1 aliphatic heterocycles. The third kappa shape index (κ3) is 2.65. The summed E-state index contributed by atoms with van der Waals surface area (Å²) in [5.74, 6) is 1.10. The van der Waals surface area contributed by atoms with Crippen molar-refractivity contribution in [3.8, 4) is 0 Å². The number of nitrogens with one attached hydrogen (secondary N) is 1. The molecule has 2 aliphatic rings. The Morgan fingerprint density at radius 1 is 1.38 bits per heavy atom. The molecule has 0 atom stereocenters. The predicted octanol–water partition coefficient (Wildman–Crippen LogP) is 1.16. The number of fused-ring (bicyclic) bond motifs is 1. The number of sulfonamides is 1. The van der Waals surface area contributed by atoms with Crippen LogP contribution in [-0.4, -0.2) is 65.8 Å². The Labute approximate surface area is 139 Å². The van der Waals surface area contributed by atoms with E-state index in [-0.39, 0.29) is 30.8 Å². The lowest BCUT2D eigenvalue weighted by Crippen LogP contribution is -2.54. The Kier molecular flexibility index (Phi) is 3.72. The second kappa shape index (κ2) is 5.66. The third-order valence-electron chi connectivity index (χ3n) is 5.07. The number of nitrogens with zero attached hydrogens (tertiary/aromatic N) is 4. The van der Waals surface area contributed by atoms with Gasteiger partial charge in [-0.1, -0.05) is 0 Å². The Morgan fingerprint density at radius 2 is 2.12 bits per heavy atom. The van der Waals surface area contributed by atoms with Crippen molar-refractivity contribution in [2.75, 3.05) is 30.8 Å². The lowest BCUT2D eigenvalue weighted by atomic mass is 9.81. The molecule has 9 heteroatoms. The second-order valence-electron chi connectivity index (χ2n) is 6.73. The van der Waals surface area contributed by atoms with Crippen LogP contribution in [0.4, 0.5) is 10.2 Å². The molecule has 0 amide bonds. The van der Waals surface area contributed by atoms with Gasteiger partial charge in [-0.15, -0.1) is 0 Å². The zero-order chi connectivity index (χ0) is 16.9. The topological polar surface area (TPSA) is 82.2 Å². The molecular formula is C15H20FN5O2S. The van der Waals surface area contributed by atoms with Gasteiger partial charge in [0.25, 0.3) is 0 Å². The summed E-state index contributed by atoms with van der Waals surface area (Å²) in [6, 6.07) is 2.21. The van der Waals surface area contributed by atoms with E-state index in [1.807, 2.05) is 19.3 Å². The SMILES string of the molecule is CN(c1ncnc2[nH]ccc12)[C@H]1C[C@@H](CS(=O)(=O)N2CC(F)C2)C1. The maximum Gasteiger partial charge on any atom is 0.214 e. The standard InChI is InChI=1S/C15H20FN5O2S/c1-20(15-13-2-3-17-14(13)18-9-19-15)12-4-10(5-12)8-24(22,23)21-6-11(16)7-21/h2-3,9-12H,4-8H2,1H3,(H,17,18,19)/t10-,12+. The number of aromatic nitrogens is 3. The second-order valence-corrected chi connectivity index (χ2v) is 8.75. The molecule has 3 heterocycles. The number of hydrogen-bond acceptors (Lipinski definition) is 5. The Morgan fingerprint density at radius 3 is 2.83 bits per heavy atom. The van der Waals surface area contributed by atoms with Crippen LogP contribution < -0.4 is 4.90 Å². The van der Waals surface area contributed by atoms with E-state index in [0.717, 1.165) is 29.7 Å². The van der Waals surface area contributed by atoms with Gasteiger partial charge in [0.05, 0.1) is 11.1 Å². The average molecular weight is 353 g/mol. The van der Waals surface area contributed by atoms with Crippen LogP contribution in [0.1, 0.15) is 12.8 Å². The first-order chi connectivity index (χ1) is 11.4. The highest BCUT2D eigenvalue weighted by molar-refractivity contribution is 7.89. The summed E-state index contributed by atoms with van der Waals surface area (Å²) in [5.41, 5.74) is 0.795. The first-order valence-electron chi connectivity index (χ1n) is 8.07. The minimum Gasteiger partial charge on any atom is -0.356 e. The van der Waals surface area contributed by atoms with Gasteiger partial charge >= 0.3 is 0 Å². The van der Waals surface area contributed by atoms with Crippen LogP contribution in [-0.2, 0) is 10.0 Å². The van der Waals surface area contributed by atoms with E-state index in [1.54, 1.807) is 0 Å². The van der Waals surface area contributed by atoms with Gasteiger partial charge in [-0.2, -0.15) is 4.31 Å². The molecule has 24 heavy (non-hydrogen) atoms. The minimum atomic E-state index is -3.31. The van der Waals surface area contributed by atoms with Crippen molar-refractivity contribution >= 4 is 26.9 Å². The number of H-pyrrole nitrogens is 1. The van der Waals surface area contributed by atoms with E-state index in [0.29, 0.717) is 0 Å². The molecule has 1 saturated carbocycles. The fourth-order valence-corrected chi connectivity index (χ4v) is 5.34. The van der Waals surface area contributed by atoms with Crippen molar-refractivity contribution in [3.05, 3.63) is 18.6 Å². The Hall–Kier alpha value is -1.74. The zero-order valence-corrected chi connectivity index (χ0v) is 14.2. The van der Waals surface area contributed by atoms with Crippen LogP contribution >= 0.6 is 0 Å². The van der Waals surface area contributed by atoms with Crippen molar-refractivity contribution in [3.63, 3.8) is 0 Å². The van der Waals surface area contributed by atoms with Crippen molar-refractivity contribution in [2.24, 2.45) is 5.92 Å². The number of hydrogen-bond donors (Lipinski definition) is 1. The summed E-state index contributed by atoms with van der Waals surface area (Å²) in [7, 11) is -1.33. The molecule has 0 bridgehead atoms. The molecule has 0 aromatic carbocycles. The molecule has 1 N–H and O–H groups in total. The first kappa shape index (κ1) is 15.8. The summed E-state index contributed by atoms with van der Waals surface area (Å²) < 4.78 is 38.5. The number of aromatic amines is 1. The number of anilines is 1. The van der Waals surface area contributed by atoms with E-state index >= 15 is 0 Å². The van der Waals surface area contributed by atoms with Gasteiger partial charge in [-0.25, -0.2) is 22.8 Å². The zero-order valence-electron chi connectivity index (χ0n) is 13.4. The lowest BCUT2D eigenvalue weighted by molar-refractivity contribution is 0.139. The van der Waals surface area contributed by atoms with E-state index in [4.69, 9.17) is 0 Å². The van der Waals surface area contributed by atoms with Gasteiger partial charge in [-0.05, 0) is 24.8 Å². The molecule has 2 aromatic heterocycles. The maximum absolute atomic E-state index is 12.9. The molecule has 1 aliphatic carbocycles. The molecule has 2 fully saturated rings. The maximum atomic E-state index is 12.9. The van der Waals surface area contributed by atoms with Crippen LogP contribution in [0.15, 0.2) is 18.6 Å². The van der Waals surface area contributed by atoms with E-state index in [2.05, 4.69) is 19.9 Å². The Balaban J connectivity index is 1.38. The quantitative estimate of drug-likeness (QED) is 0.872. The van der Waals surface area contributed by atoms with Crippen molar-refractivity contribution < 1.29 is 12.8 Å². The molecule has 1 saturated heterocycles. The fourth-order valence-electron chi connectivity index (χ4n) is 3.48. The third-order valence-corrected chi connectivity index (χ3v) is 7.05. The normalized spacial score (nSPS) is 25.4. The summed E-state index contributed by atoms with van der Waals surface area (Å²) in [6.07, 6.45) is 3.97. The summed E-state index contributed by atoms with van der Waals surface area (Å²) >= 11 is 0. The van der Waals surface area contributed by atoms with Crippen LogP contribution in [0.3, 0.4) is 0 Å². The van der Waals surface area contributed by atoms with Gasteiger partial charge in [0.15, 0.2) is 0 Å². The average Bonchev–Trinajstić information content (AvgIpc) is 2.95. The summed E-state index contributed by atoms with van der Waals surface area (Å²) in [4.78, 5) is 13.7. The van der Waals surface area contributed by atoms with Crippen molar-refractivity contribution in [1.29, 1.82) is 0 Å². The van der Waals surface area contributed by atoms with Crippen molar-refractivity contribution in [2.45, 2.75) is 25.1 Å². The van der Waals surface area contributed by atoms with Gasteiger partial charge in [-0.3, -0.25) is 0 Å². The van der Waals surface area contributed by atoms with E-state index in [1.165, 1.54) is 10.6 Å². The number of halogens is 1. The summed E-state index contributed by atoms with van der Waals surface area (Å²) in [6.45, 7) is 0.0373. The Bertz CT molecular complexity index is 842. The monoisotopic (exact) mass is 353 g/mol. The largest absolute Gasteiger partial charge is 0.356 e. The molecule has 2 aromatic rings. The van der Waals surface area contributed by atoms with Crippen LogP contribution in [0, 0.1) is 5.92 Å². The smallest absolute Gasteiger partial charge is 0.214 e. The highest BCUT2D eigenvalue weighted by Gasteiger charge is 2.41. The predicted molar refractivity (Wildman–Crippen MR) is 89.1 cm³/mol. The fraction of sp³-hybridized carbons (Fsp3) is 0.600. The van der Waals surface area contributed by atoms with Crippen molar-refractivity contribution in [1.82, 2.24) is 19.3 Å². The van der Waals surface area contributed by atoms with Crippen LogP contribution in [0.5, 0.6) is 0 Å². The van der Waals surface area contributed by atoms with E-state index in [9.17, 15) is 12.8 Å². The summed E-state index contributed by atoms with van der Waals surface area (Å²) in [5, 5.41) is 0.964. The molecule has 0 spiro atoms. The lowest BCUT2D eigenvalue weighted by Gasteiger charge is -2.43. The van der Waals surface area contributed by atoms with Crippen LogP contribution in [0.2, 0.25) is 0 Å². The molecule has 0 unspecified atom stereocenters. The van der Waals surface area contributed by atoms with Gasteiger partial charge in [0.2, 0.25) is 10.0 Å². The van der Waals surface area contributed by atoms with Crippen LogP contribution in [0.25, 0.3) is 11.0 Å². The number of rotatable bonds is 5. The molecular weight excluding hydrogens is 333 g/mol. The van der Waals surface area contributed by atoms with Gasteiger partial charge in [0.1, 0.15) is 24.0 Å². The van der Waals surface area contributed by atoms with E-state index < -0.39 is 16.2 Å².